The number of aromatic amines is 1. The summed E-state index contributed by atoms with van der Waals surface area (Å²) in [6.07, 6.45) is 0.771. The second kappa shape index (κ2) is 10.1. The van der Waals surface area contributed by atoms with Gasteiger partial charge in [-0.3, -0.25) is 4.79 Å². The summed E-state index contributed by atoms with van der Waals surface area (Å²) in [4.78, 5) is 25.3. The summed E-state index contributed by atoms with van der Waals surface area (Å²) >= 11 is 6.03. The third-order valence-electron chi connectivity index (χ3n) is 6.59. The van der Waals surface area contributed by atoms with Crippen molar-refractivity contribution in [2.75, 3.05) is 36.0 Å². The summed E-state index contributed by atoms with van der Waals surface area (Å²) in [6, 6.07) is 12.9. The average molecular weight is 727 g/mol. The molecule has 178 valence electrons. The van der Waals surface area contributed by atoms with E-state index in [0.717, 1.165) is 5.56 Å². The molecule has 3 aromatic rings. The second-order valence-corrected chi connectivity index (χ2v) is 11.4. The Balaban J connectivity index is 0.00000274. The van der Waals surface area contributed by atoms with Crippen molar-refractivity contribution < 1.29 is 49.4 Å². The summed E-state index contributed by atoms with van der Waals surface area (Å²) in [5, 5.41) is 10.1. The van der Waals surface area contributed by atoms with Gasteiger partial charge in [0.15, 0.2) is 0 Å². The molecular formula is C23H25ClN4O4SU. The van der Waals surface area contributed by atoms with Gasteiger partial charge < -0.3 is 19.9 Å². The Bertz CT molecular complexity index is 1250. The number of anilines is 1. The number of nitrogens with one attached hydrogen (secondary N) is 1. The molecule has 0 spiro atoms. The Morgan fingerprint density at radius 3 is 2.53 bits per heavy atom. The van der Waals surface area contributed by atoms with Crippen molar-refractivity contribution in [2.24, 2.45) is 5.92 Å². The van der Waals surface area contributed by atoms with Gasteiger partial charge in [-0.2, -0.15) is 0 Å². The number of carbonyl (C=O) groups is 1. The molecule has 5 rings (SSSR count). The number of phenols is 1. The van der Waals surface area contributed by atoms with Crippen LogP contribution in [-0.2, 0) is 14.6 Å². The number of H-pyrrole nitrogens is 1. The number of fused-ring (bicyclic) bond motifs is 1. The summed E-state index contributed by atoms with van der Waals surface area (Å²) in [5.41, 5.74) is 2.37. The Morgan fingerprint density at radius 2 is 1.82 bits per heavy atom. The van der Waals surface area contributed by atoms with E-state index in [9.17, 15) is 18.3 Å². The smallest absolute Gasteiger partial charge is 0.226 e. The van der Waals surface area contributed by atoms with Gasteiger partial charge in [0.25, 0.3) is 0 Å². The van der Waals surface area contributed by atoms with Crippen molar-refractivity contribution >= 4 is 44.3 Å². The molecule has 2 saturated heterocycles. The fourth-order valence-electron chi connectivity index (χ4n) is 4.73. The predicted molar refractivity (Wildman–Crippen MR) is 127 cm³/mol. The zero-order valence-corrected chi connectivity index (χ0v) is 24.2. The van der Waals surface area contributed by atoms with E-state index in [-0.39, 0.29) is 71.3 Å². The van der Waals surface area contributed by atoms with Gasteiger partial charge in [-0.05, 0) is 24.5 Å². The van der Waals surface area contributed by atoms with E-state index < -0.39 is 9.84 Å². The topological polar surface area (TPSA) is 107 Å². The van der Waals surface area contributed by atoms with Crippen LogP contribution in [0.2, 0.25) is 5.02 Å². The maximum absolute atomic E-state index is 13.5. The van der Waals surface area contributed by atoms with E-state index in [4.69, 9.17) is 11.6 Å². The maximum atomic E-state index is 13.5. The summed E-state index contributed by atoms with van der Waals surface area (Å²) < 4.78 is 23.7. The number of phenolic OH excluding ortho intramolecular Hbond substituents is 1. The minimum atomic E-state index is -3.03. The Labute approximate surface area is 227 Å². The number of hydrogen-bond acceptors (Lipinski definition) is 6. The number of hydrogen-bond donors (Lipinski definition) is 2. The van der Waals surface area contributed by atoms with Crippen LogP contribution in [0, 0.1) is 37.0 Å². The molecule has 8 nitrogen and oxygen atoms in total. The molecule has 2 aliphatic heterocycles. The van der Waals surface area contributed by atoms with Gasteiger partial charge in [-0.25, -0.2) is 13.4 Å². The van der Waals surface area contributed by atoms with Crippen LogP contribution in [0.1, 0.15) is 24.4 Å². The van der Waals surface area contributed by atoms with E-state index in [1.807, 2.05) is 35.2 Å². The number of benzene rings is 2. The first-order chi connectivity index (χ1) is 15.8. The van der Waals surface area contributed by atoms with Gasteiger partial charge in [0.2, 0.25) is 11.9 Å². The molecule has 1 aromatic heterocycles. The SMILES string of the molecule is O=C(C1CCS(=O)(=O)CC1)N1CCN(c2nc3cc(Cl)c(O)cc3[nH]2)CC1c1ccccc1.[U]. The van der Waals surface area contributed by atoms with Gasteiger partial charge in [0, 0.05) is 62.7 Å². The summed E-state index contributed by atoms with van der Waals surface area (Å²) in [5.74, 6) is 0.568. The van der Waals surface area contributed by atoms with Crippen LogP contribution in [0.3, 0.4) is 0 Å². The number of halogens is 1. The normalized spacial score (nSPS) is 20.8. The van der Waals surface area contributed by atoms with E-state index >= 15 is 0 Å². The molecule has 2 aromatic carbocycles. The van der Waals surface area contributed by atoms with E-state index in [1.165, 1.54) is 0 Å². The molecule has 0 bridgehead atoms. The largest absolute Gasteiger partial charge is 0.506 e. The van der Waals surface area contributed by atoms with Crippen molar-refractivity contribution in [3.8, 4) is 5.75 Å². The molecule has 1 unspecified atom stereocenters. The van der Waals surface area contributed by atoms with Gasteiger partial charge in [-0.1, -0.05) is 41.9 Å². The van der Waals surface area contributed by atoms with Crippen molar-refractivity contribution in [1.29, 1.82) is 0 Å². The predicted octanol–water partition coefficient (Wildman–Crippen LogP) is 3.14. The fraction of sp³-hybridized carbons (Fsp3) is 0.391. The Hall–Kier alpha value is -1.73. The molecule has 2 N–H and O–H groups in total. The van der Waals surface area contributed by atoms with E-state index in [0.29, 0.717) is 49.5 Å². The van der Waals surface area contributed by atoms with Gasteiger partial charge in [-0.15, -0.1) is 0 Å². The van der Waals surface area contributed by atoms with Gasteiger partial charge in [0.05, 0.1) is 33.6 Å². The maximum Gasteiger partial charge on any atom is 0.226 e. The second-order valence-electron chi connectivity index (χ2n) is 8.71. The summed E-state index contributed by atoms with van der Waals surface area (Å²) in [6.45, 7) is 1.63. The van der Waals surface area contributed by atoms with Crippen LogP contribution in [0.5, 0.6) is 5.75 Å². The van der Waals surface area contributed by atoms with Crippen molar-refractivity contribution in [3.05, 3.63) is 53.1 Å². The molecule has 0 radical (unpaired) electrons. The zero-order valence-electron chi connectivity index (χ0n) is 18.4. The minimum Gasteiger partial charge on any atom is -0.506 e. The van der Waals surface area contributed by atoms with E-state index in [1.54, 1.807) is 12.1 Å². The third kappa shape index (κ3) is 5.11. The molecule has 0 aliphatic carbocycles. The number of amides is 1. The minimum absolute atomic E-state index is 0. The van der Waals surface area contributed by atoms with Gasteiger partial charge >= 0.3 is 0 Å². The monoisotopic (exact) mass is 726 g/mol. The molecule has 2 fully saturated rings. The van der Waals surface area contributed by atoms with Crippen molar-refractivity contribution in [3.63, 3.8) is 0 Å². The number of piperazine rings is 1. The fourth-order valence-corrected chi connectivity index (χ4v) is 6.38. The molecule has 1 atom stereocenters. The van der Waals surface area contributed by atoms with Crippen molar-refractivity contribution in [2.45, 2.75) is 18.9 Å². The number of aromatic nitrogens is 2. The first-order valence-corrected chi connectivity index (χ1v) is 13.2. The van der Waals surface area contributed by atoms with Crippen LogP contribution >= 0.6 is 11.6 Å². The number of carbonyl (C=O) groups excluding carboxylic acids is 1. The molecule has 34 heavy (non-hydrogen) atoms. The first-order valence-electron chi connectivity index (χ1n) is 11.0. The van der Waals surface area contributed by atoms with E-state index in [2.05, 4.69) is 14.9 Å². The molecule has 2 aliphatic rings. The number of sulfone groups is 1. The Kier molecular flexibility index (Phi) is 7.53. The summed E-state index contributed by atoms with van der Waals surface area (Å²) in [7, 11) is -3.03. The van der Waals surface area contributed by atoms with Crippen LogP contribution in [0.15, 0.2) is 42.5 Å². The quantitative estimate of drug-likeness (QED) is 0.430. The molecule has 1 amide bonds. The molecule has 3 heterocycles. The first kappa shape index (κ1) is 25.4. The Morgan fingerprint density at radius 1 is 1.12 bits per heavy atom. The van der Waals surface area contributed by atoms with Crippen LogP contribution in [0.25, 0.3) is 11.0 Å². The average Bonchev–Trinajstić information content (AvgIpc) is 3.22. The number of imidazole rings is 1. The van der Waals surface area contributed by atoms with Crippen LogP contribution < -0.4 is 4.90 Å². The molecule has 11 heteroatoms. The molecular weight excluding hydrogens is 702 g/mol. The number of nitrogens with zero attached hydrogens (tertiary/aromatic N) is 3. The van der Waals surface area contributed by atoms with Crippen LogP contribution in [0.4, 0.5) is 5.95 Å². The standard InChI is InChI=1S/C23H25ClN4O4S.U/c24-17-12-18-19(13-21(17)29)26-23(25-18)27-8-9-28(20(14-27)15-4-2-1-3-5-15)22(30)16-6-10-33(31,32)11-7-16;/h1-5,12-13,16,20,29H,6-11,14H2,(H,25,26);. The number of rotatable bonds is 3. The van der Waals surface area contributed by atoms with Crippen molar-refractivity contribution in [1.82, 2.24) is 14.9 Å². The van der Waals surface area contributed by atoms with Gasteiger partial charge in [0.1, 0.15) is 15.6 Å². The van der Waals surface area contributed by atoms with Crippen LogP contribution in [-0.4, -0.2) is 65.4 Å². The third-order valence-corrected chi connectivity index (χ3v) is 8.61. The number of aromatic hydroxyl groups is 1. The molecule has 0 saturated carbocycles. The zero-order chi connectivity index (χ0) is 23.2.